The Bertz CT molecular complexity index is 1500. The van der Waals surface area contributed by atoms with Crippen molar-refractivity contribution in [2.75, 3.05) is 5.32 Å². The first-order chi connectivity index (χ1) is 16.2. The van der Waals surface area contributed by atoms with Gasteiger partial charge in [-0.3, -0.25) is 9.48 Å². The monoisotopic (exact) mass is 478 g/mol. The summed E-state index contributed by atoms with van der Waals surface area (Å²) in [7, 11) is 0. The van der Waals surface area contributed by atoms with Crippen LogP contribution in [0, 0.1) is 13.8 Å². The molecule has 0 unspecified atom stereocenters. The predicted octanol–water partition coefficient (Wildman–Crippen LogP) is 5.53. The van der Waals surface area contributed by atoms with Gasteiger partial charge in [0.05, 0.1) is 34.9 Å². The molecule has 2 N–H and O–H groups in total. The van der Waals surface area contributed by atoms with Gasteiger partial charge in [-0.2, -0.15) is 5.10 Å². The minimum atomic E-state index is -1.19. The summed E-state index contributed by atoms with van der Waals surface area (Å²) in [6.45, 7) is 5.54. The molecule has 8 nitrogen and oxygen atoms in total. The largest absolute Gasteiger partial charge is 0.476 e. The number of aryl methyl sites for hydroxylation is 1. The molecule has 4 aromatic rings. The average Bonchev–Trinajstić information content (AvgIpc) is 3.54. The van der Waals surface area contributed by atoms with E-state index in [4.69, 9.17) is 16.0 Å². The third kappa shape index (κ3) is 3.94. The zero-order valence-electron chi connectivity index (χ0n) is 18.9. The summed E-state index contributed by atoms with van der Waals surface area (Å²) in [5, 5.41) is 17.7. The van der Waals surface area contributed by atoms with Gasteiger partial charge in [0, 0.05) is 17.3 Å². The van der Waals surface area contributed by atoms with E-state index >= 15 is 0 Å². The fraction of sp³-hybridized carbons (Fsp3) is 0.280. The maximum Gasteiger partial charge on any atom is 0.356 e. The van der Waals surface area contributed by atoms with E-state index in [0.29, 0.717) is 34.0 Å². The number of benzene rings is 1. The third-order valence-electron chi connectivity index (χ3n) is 6.08. The number of aromatic carboxylic acids is 1. The second-order valence-corrected chi connectivity index (χ2v) is 9.14. The van der Waals surface area contributed by atoms with Crippen molar-refractivity contribution in [1.82, 2.24) is 14.8 Å². The van der Waals surface area contributed by atoms with Crippen LogP contribution in [0.15, 0.2) is 45.9 Å². The second-order valence-electron chi connectivity index (χ2n) is 8.76. The number of carboxylic acid groups (broad SMARTS) is 1. The predicted molar refractivity (Wildman–Crippen MR) is 130 cm³/mol. The lowest BCUT2D eigenvalue weighted by atomic mass is 9.99. The number of nitrogens with zero attached hydrogens (tertiary/aromatic N) is 3. The van der Waals surface area contributed by atoms with Crippen LogP contribution in [0.4, 0.5) is 5.69 Å². The summed E-state index contributed by atoms with van der Waals surface area (Å²) < 4.78 is 8.29. The molecule has 0 bridgehead atoms. The molecule has 5 rings (SSSR count). The van der Waals surface area contributed by atoms with Crippen molar-refractivity contribution in [3.63, 3.8) is 0 Å². The molecule has 1 aliphatic rings. The SMILES string of the molecule is Cc1cc([C@@H](C)Nc2ccc(Cl)nc2C(=O)O)c2oc(-c3cnn(C4CC4)c3)c(C)c(=O)c2c1. The smallest absolute Gasteiger partial charge is 0.356 e. The molecule has 1 saturated carbocycles. The Hall–Kier alpha value is -3.65. The van der Waals surface area contributed by atoms with Gasteiger partial charge in [0.25, 0.3) is 0 Å². The van der Waals surface area contributed by atoms with E-state index < -0.39 is 12.0 Å². The van der Waals surface area contributed by atoms with E-state index in [9.17, 15) is 14.7 Å². The maximum atomic E-state index is 13.3. The molecular formula is C25H23ClN4O4. The Balaban J connectivity index is 1.63. The highest BCUT2D eigenvalue weighted by Crippen LogP contribution is 2.36. The highest BCUT2D eigenvalue weighted by atomic mass is 35.5. The van der Waals surface area contributed by atoms with Gasteiger partial charge in [0.2, 0.25) is 0 Å². The van der Waals surface area contributed by atoms with E-state index in [1.807, 2.05) is 36.9 Å². The molecule has 1 fully saturated rings. The van der Waals surface area contributed by atoms with Crippen LogP contribution >= 0.6 is 11.6 Å². The number of fused-ring (bicyclic) bond motifs is 1. The van der Waals surface area contributed by atoms with Crippen molar-refractivity contribution in [3.05, 3.63) is 74.4 Å². The molecule has 0 amide bonds. The van der Waals surface area contributed by atoms with E-state index in [-0.39, 0.29) is 16.3 Å². The van der Waals surface area contributed by atoms with Crippen molar-refractivity contribution in [3.8, 4) is 11.3 Å². The van der Waals surface area contributed by atoms with Crippen LogP contribution in [0.5, 0.6) is 0 Å². The summed E-state index contributed by atoms with van der Waals surface area (Å²) in [6, 6.07) is 6.87. The lowest BCUT2D eigenvalue weighted by Gasteiger charge is -2.19. The standard InChI is InChI=1S/C25H23ClN4O4/c1-12-8-17(14(3)28-19-6-7-20(26)29-21(19)25(32)33)24-18(9-12)22(31)13(2)23(34-24)15-10-27-30(11-15)16-4-5-16/h6-11,14,16,28H,4-5H2,1-3H3,(H,32,33)/t14-/m1/s1. The summed E-state index contributed by atoms with van der Waals surface area (Å²) in [5.41, 5.74) is 3.39. The molecule has 3 heterocycles. The van der Waals surface area contributed by atoms with Crippen LogP contribution in [-0.2, 0) is 0 Å². The molecule has 34 heavy (non-hydrogen) atoms. The molecule has 1 aromatic carbocycles. The number of hydrogen-bond acceptors (Lipinski definition) is 6. The zero-order valence-corrected chi connectivity index (χ0v) is 19.7. The number of pyridine rings is 1. The lowest BCUT2D eigenvalue weighted by Crippen LogP contribution is -2.14. The Kier molecular flexibility index (Phi) is 5.40. The molecule has 0 radical (unpaired) electrons. The molecule has 9 heteroatoms. The van der Waals surface area contributed by atoms with Gasteiger partial charge in [-0.1, -0.05) is 17.7 Å². The molecule has 1 atom stereocenters. The first-order valence-corrected chi connectivity index (χ1v) is 11.4. The molecule has 0 spiro atoms. The third-order valence-corrected chi connectivity index (χ3v) is 6.29. The van der Waals surface area contributed by atoms with Crippen molar-refractivity contribution in [2.45, 2.75) is 45.7 Å². The quantitative estimate of drug-likeness (QED) is 0.350. The van der Waals surface area contributed by atoms with Gasteiger partial charge in [-0.15, -0.1) is 0 Å². The molecule has 0 aliphatic heterocycles. The number of anilines is 1. The number of nitrogens with one attached hydrogen (secondary N) is 1. The lowest BCUT2D eigenvalue weighted by molar-refractivity contribution is 0.0691. The second kappa shape index (κ2) is 8.29. The van der Waals surface area contributed by atoms with Crippen LogP contribution in [-0.4, -0.2) is 25.8 Å². The minimum absolute atomic E-state index is 0.0921. The van der Waals surface area contributed by atoms with Gasteiger partial charge in [-0.25, -0.2) is 9.78 Å². The van der Waals surface area contributed by atoms with E-state index in [0.717, 1.165) is 29.5 Å². The summed E-state index contributed by atoms with van der Waals surface area (Å²) >= 11 is 5.89. The van der Waals surface area contributed by atoms with Gasteiger partial charge in [0.1, 0.15) is 16.5 Å². The van der Waals surface area contributed by atoms with Crippen LogP contribution in [0.3, 0.4) is 0 Å². The maximum absolute atomic E-state index is 13.3. The Morgan fingerprint density at radius 2 is 2.06 bits per heavy atom. The van der Waals surface area contributed by atoms with Gasteiger partial charge < -0.3 is 14.8 Å². The number of hydrogen-bond donors (Lipinski definition) is 2. The molecular weight excluding hydrogens is 456 g/mol. The number of aromatic nitrogens is 3. The summed E-state index contributed by atoms with van der Waals surface area (Å²) in [5.74, 6) is -0.704. The normalized spacial score (nSPS) is 14.4. The van der Waals surface area contributed by atoms with Crippen molar-refractivity contribution < 1.29 is 14.3 Å². The van der Waals surface area contributed by atoms with Crippen LogP contribution in [0.25, 0.3) is 22.3 Å². The molecule has 174 valence electrons. The first kappa shape index (κ1) is 22.2. The highest BCUT2D eigenvalue weighted by Gasteiger charge is 2.26. The van der Waals surface area contributed by atoms with Crippen molar-refractivity contribution >= 4 is 34.2 Å². The Morgan fingerprint density at radius 3 is 2.76 bits per heavy atom. The topological polar surface area (TPSA) is 110 Å². The van der Waals surface area contributed by atoms with E-state index in [1.165, 1.54) is 6.07 Å². The Labute approximate surface area is 200 Å². The van der Waals surface area contributed by atoms with E-state index in [1.54, 1.807) is 19.2 Å². The van der Waals surface area contributed by atoms with Crippen LogP contribution in [0.1, 0.15) is 59.0 Å². The number of rotatable bonds is 6. The fourth-order valence-corrected chi connectivity index (χ4v) is 4.33. The number of carbonyl (C=O) groups is 1. The van der Waals surface area contributed by atoms with Crippen molar-refractivity contribution in [1.29, 1.82) is 0 Å². The molecule has 3 aromatic heterocycles. The van der Waals surface area contributed by atoms with Crippen LogP contribution in [0.2, 0.25) is 5.15 Å². The van der Waals surface area contributed by atoms with Gasteiger partial charge in [-0.05, 0) is 57.4 Å². The summed E-state index contributed by atoms with van der Waals surface area (Å²) in [4.78, 5) is 28.9. The van der Waals surface area contributed by atoms with Gasteiger partial charge >= 0.3 is 5.97 Å². The fourth-order valence-electron chi connectivity index (χ4n) is 4.18. The van der Waals surface area contributed by atoms with E-state index in [2.05, 4.69) is 15.4 Å². The zero-order chi connectivity index (χ0) is 24.1. The minimum Gasteiger partial charge on any atom is -0.476 e. The summed E-state index contributed by atoms with van der Waals surface area (Å²) in [6.07, 6.45) is 5.85. The van der Waals surface area contributed by atoms with Gasteiger partial charge in [0.15, 0.2) is 11.1 Å². The number of carboxylic acids is 1. The van der Waals surface area contributed by atoms with Crippen molar-refractivity contribution in [2.24, 2.45) is 0 Å². The number of halogens is 1. The first-order valence-electron chi connectivity index (χ1n) is 11.0. The Morgan fingerprint density at radius 1 is 1.29 bits per heavy atom. The van der Waals surface area contributed by atoms with Crippen LogP contribution < -0.4 is 10.7 Å². The highest BCUT2D eigenvalue weighted by molar-refractivity contribution is 6.29. The molecule has 0 saturated heterocycles. The molecule has 1 aliphatic carbocycles. The average molecular weight is 479 g/mol.